The molecule has 2 aliphatic rings. The van der Waals surface area contributed by atoms with Gasteiger partial charge in [-0.25, -0.2) is 4.39 Å². The molecule has 5 heteroatoms. The van der Waals surface area contributed by atoms with Gasteiger partial charge in [0, 0.05) is 16.6 Å². The van der Waals surface area contributed by atoms with Crippen LogP contribution >= 0.6 is 23.4 Å². The number of hydrogen-bond acceptors (Lipinski definition) is 2. The first kappa shape index (κ1) is 14.2. The molecule has 1 saturated heterocycles. The van der Waals surface area contributed by atoms with Crippen LogP contribution in [0.1, 0.15) is 37.1 Å². The molecule has 3 rings (SSSR count). The normalized spacial score (nSPS) is 29.6. The van der Waals surface area contributed by atoms with E-state index in [9.17, 15) is 9.18 Å². The van der Waals surface area contributed by atoms with E-state index in [1.807, 2.05) is 4.90 Å². The maximum atomic E-state index is 14.1. The highest BCUT2D eigenvalue weighted by Gasteiger charge is 2.45. The molecule has 0 bridgehead atoms. The van der Waals surface area contributed by atoms with E-state index in [1.165, 1.54) is 17.8 Å². The number of carbonyl (C=O) groups is 1. The van der Waals surface area contributed by atoms with Gasteiger partial charge in [0.05, 0.1) is 5.75 Å². The summed E-state index contributed by atoms with van der Waals surface area (Å²) in [5, 5.41) is 0.144. The van der Waals surface area contributed by atoms with Crippen LogP contribution in [-0.4, -0.2) is 22.6 Å². The van der Waals surface area contributed by atoms with Gasteiger partial charge in [-0.3, -0.25) is 4.79 Å². The summed E-state index contributed by atoms with van der Waals surface area (Å²) in [4.78, 5) is 14.1. The molecule has 20 heavy (non-hydrogen) atoms. The molecule has 1 aliphatic carbocycles. The second-order valence-corrected chi connectivity index (χ2v) is 6.89. The highest BCUT2D eigenvalue weighted by molar-refractivity contribution is 8.00. The zero-order chi connectivity index (χ0) is 14.3. The summed E-state index contributed by atoms with van der Waals surface area (Å²) in [6, 6.07) is 4.97. The highest BCUT2D eigenvalue weighted by Crippen LogP contribution is 2.48. The molecule has 0 spiro atoms. The van der Waals surface area contributed by atoms with Crippen molar-refractivity contribution in [1.82, 2.24) is 4.90 Å². The van der Waals surface area contributed by atoms with Crippen LogP contribution in [0.15, 0.2) is 18.2 Å². The van der Waals surface area contributed by atoms with Gasteiger partial charge in [-0.15, -0.1) is 11.8 Å². The van der Waals surface area contributed by atoms with E-state index < -0.39 is 0 Å². The summed E-state index contributed by atoms with van der Waals surface area (Å²) < 4.78 is 14.1. The Morgan fingerprint density at radius 1 is 1.45 bits per heavy atom. The van der Waals surface area contributed by atoms with E-state index in [0.717, 1.165) is 19.3 Å². The van der Waals surface area contributed by atoms with E-state index in [-0.39, 0.29) is 23.1 Å². The van der Waals surface area contributed by atoms with Crippen LogP contribution in [0.3, 0.4) is 0 Å². The Morgan fingerprint density at radius 2 is 2.25 bits per heavy atom. The smallest absolute Gasteiger partial charge is 0.234 e. The third-order valence-corrected chi connectivity index (χ3v) is 5.93. The van der Waals surface area contributed by atoms with Crippen molar-refractivity contribution in [3.63, 3.8) is 0 Å². The molecule has 1 aromatic carbocycles. The maximum Gasteiger partial charge on any atom is 0.234 e. The van der Waals surface area contributed by atoms with E-state index in [2.05, 4.69) is 6.92 Å². The minimum Gasteiger partial charge on any atom is -0.322 e. The molecule has 0 aromatic heterocycles. The molecular weight excluding hydrogens is 297 g/mol. The summed E-state index contributed by atoms with van der Waals surface area (Å²) >= 11 is 7.65. The van der Waals surface area contributed by atoms with Gasteiger partial charge in [0.1, 0.15) is 11.2 Å². The number of nitrogens with zero attached hydrogens (tertiary/aromatic N) is 1. The van der Waals surface area contributed by atoms with Gasteiger partial charge in [-0.05, 0) is 30.9 Å². The summed E-state index contributed by atoms with van der Waals surface area (Å²) in [5.74, 6) is 0.762. The lowest BCUT2D eigenvalue weighted by molar-refractivity contribution is -0.134. The standard InChI is InChI=1S/C15H17ClFNOS/c1-2-9-6-7-12(9)18-13(19)8-20-15(18)14-10(16)4-3-5-11(14)17/h3-5,9,12,15H,2,6-8H2,1H3. The Hall–Kier alpha value is -0.740. The summed E-state index contributed by atoms with van der Waals surface area (Å²) in [6.45, 7) is 2.15. The monoisotopic (exact) mass is 313 g/mol. The number of benzene rings is 1. The van der Waals surface area contributed by atoms with Gasteiger partial charge in [-0.1, -0.05) is 31.0 Å². The highest BCUT2D eigenvalue weighted by atomic mass is 35.5. The number of thioether (sulfide) groups is 1. The number of rotatable bonds is 3. The number of amides is 1. The van der Waals surface area contributed by atoms with Crippen molar-refractivity contribution < 1.29 is 9.18 Å². The molecule has 2 fully saturated rings. The first-order valence-corrected chi connectivity index (χ1v) is 8.42. The zero-order valence-electron chi connectivity index (χ0n) is 11.3. The van der Waals surface area contributed by atoms with Gasteiger partial charge < -0.3 is 4.90 Å². The molecule has 1 heterocycles. The molecule has 3 unspecified atom stereocenters. The minimum atomic E-state index is -0.318. The minimum absolute atomic E-state index is 0.113. The van der Waals surface area contributed by atoms with Crippen molar-refractivity contribution in [1.29, 1.82) is 0 Å². The second-order valence-electron chi connectivity index (χ2n) is 5.41. The predicted octanol–water partition coefficient (Wildman–Crippen LogP) is 4.24. The van der Waals surface area contributed by atoms with Gasteiger partial charge >= 0.3 is 0 Å². The van der Waals surface area contributed by atoms with Crippen LogP contribution in [0, 0.1) is 11.7 Å². The molecule has 1 saturated carbocycles. The van der Waals surface area contributed by atoms with E-state index in [0.29, 0.717) is 22.3 Å². The molecule has 0 radical (unpaired) electrons. The van der Waals surface area contributed by atoms with E-state index in [4.69, 9.17) is 11.6 Å². The lowest BCUT2D eigenvalue weighted by Gasteiger charge is -2.44. The van der Waals surface area contributed by atoms with Crippen molar-refractivity contribution in [2.24, 2.45) is 5.92 Å². The third kappa shape index (κ3) is 2.23. The fourth-order valence-corrected chi connectivity index (χ4v) is 4.78. The average molecular weight is 314 g/mol. The van der Waals surface area contributed by atoms with Crippen molar-refractivity contribution in [3.05, 3.63) is 34.6 Å². The average Bonchev–Trinajstić information content (AvgIpc) is 2.72. The van der Waals surface area contributed by atoms with Crippen LogP contribution in [-0.2, 0) is 4.79 Å². The number of halogens is 2. The molecule has 108 valence electrons. The fourth-order valence-electron chi connectivity index (χ4n) is 3.16. The Balaban J connectivity index is 1.94. The third-order valence-electron chi connectivity index (χ3n) is 4.41. The number of hydrogen-bond donors (Lipinski definition) is 0. The van der Waals surface area contributed by atoms with Crippen LogP contribution in [0.4, 0.5) is 4.39 Å². The topological polar surface area (TPSA) is 20.3 Å². The van der Waals surface area contributed by atoms with Gasteiger partial charge in [0.2, 0.25) is 5.91 Å². The Morgan fingerprint density at radius 3 is 2.85 bits per heavy atom. The van der Waals surface area contributed by atoms with E-state index >= 15 is 0 Å². The molecule has 0 N–H and O–H groups in total. The quantitative estimate of drug-likeness (QED) is 0.832. The number of carbonyl (C=O) groups excluding carboxylic acids is 1. The molecule has 1 aromatic rings. The van der Waals surface area contributed by atoms with Crippen LogP contribution in [0.5, 0.6) is 0 Å². The van der Waals surface area contributed by atoms with Crippen LogP contribution < -0.4 is 0 Å². The first-order valence-electron chi connectivity index (χ1n) is 7.00. The second kappa shape index (κ2) is 5.57. The Kier molecular flexibility index (Phi) is 3.95. The lowest BCUT2D eigenvalue weighted by atomic mass is 9.76. The van der Waals surface area contributed by atoms with Crippen molar-refractivity contribution in [2.45, 2.75) is 37.6 Å². The molecule has 1 amide bonds. The zero-order valence-corrected chi connectivity index (χ0v) is 12.9. The molecule has 3 atom stereocenters. The SMILES string of the molecule is CCC1CCC1N1C(=O)CSC1c1c(F)cccc1Cl. The van der Waals surface area contributed by atoms with Gasteiger partial charge in [-0.2, -0.15) is 0 Å². The Bertz CT molecular complexity index is 516. The summed E-state index contributed by atoms with van der Waals surface area (Å²) in [7, 11) is 0. The van der Waals surface area contributed by atoms with Crippen LogP contribution in [0.2, 0.25) is 5.02 Å². The van der Waals surface area contributed by atoms with Crippen LogP contribution in [0.25, 0.3) is 0 Å². The Labute approximate surface area is 127 Å². The summed E-state index contributed by atoms with van der Waals surface area (Å²) in [6.07, 6.45) is 3.25. The maximum absolute atomic E-state index is 14.1. The largest absolute Gasteiger partial charge is 0.322 e. The van der Waals surface area contributed by atoms with Gasteiger partial charge in [0.15, 0.2) is 0 Å². The summed E-state index contributed by atoms with van der Waals surface area (Å²) in [5.41, 5.74) is 0.465. The van der Waals surface area contributed by atoms with Gasteiger partial charge in [0.25, 0.3) is 0 Å². The van der Waals surface area contributed by atoms with E-state index in [1.54, 1.807) is 12.1 Å². The van der Waals surface area contributed by atoms with Crippen molar-refractivity contribution in [2.75, 3.05) is 5.75 Å². The predicted molar refractivity (Wildman–Crippen MR) is 80.3 cm³/mol. The lowest BCUT2D eigenvalue weighted by Crippen LogP contribution is -2.48. The first-order chi connectivity index (χ1) is 9.63. The fraction of sp³-hybridized carbons (Fsp3) is 0.533. The van der Waals surface area contributed by atoms with Crippen molar-refractivity contribution >= 4 is 29.3 Å². The molecule has 1 aliphatic heterocycles. The molecular formula is C15H17ClFNOS. The molecule has 2 nitrogen and oxygen atoms in total. The van der Waals surface area contributed by atoms with Crippen molar-refractivity contribution in [3.8, 4) is 0 Å².